The van der Waals surface area contributed by atoms with E-state index in [1.54, 1.807) is 0 Å². The monoisotopic (exact) mass is 486 g/mol. The number of rotatable bonds is 10. The summed E-state index contributed by atoms with van der Waals surface area (Å²) in [4.78, 5) is 14.5. The number of aromatic nitrogens is 2. The number of likely N-dealkylation sites (tertiary alicyclic amines) is 1. The van der Waals surface area contributed by atoms with E-state index in [4.69, 9.17) is 14.7 Å². The van der Waals surface area contributed by atoms with Gasteiger partial charge in [0.2, 0.25) is 5.95 Å². The lowest BCUT2D eigenvalue weighted by Gasteiger charge is -2.28. The van der Waals surface area contributed by atoms with Crippen molar-refractivity contribution in [2.75, 3.05) is 68.0 Å². The predicted octanol–water partition coefficient (Wildman–Crippen LogP) is 4.80. The van der Waals surface area contributed by atoms with E-state index in [-0.39, 0.29) is 0 Å². The van der Waals surface area contributed by atoms with E-state index >= 15 is 0 Å². The highest BCUT2D eigenvalue weighted by Crippen LogP contribution is 2.26. The number of morpholine rings is 1. The van der Waals surface area contributed by atoms with Crippen molar-refractivity contribution in [1.82, 2.24) is 14.9 Å². The number of anilines is 3. The van der Waals surface area contributed by atoms with Crippen molar-refractivity contribution in [3.63, 3.8) is 0 Å². The van der Waals surface area contributed by atoms with Crippen molar-refractivity contribution in [3.05, 3.63) is 65.7 Å². The van der Waals surface area contributed by atoms with E-state index in [1.165, 1.54) is 48.2 Å². The standard InChI is InChI=1S/C29H38N6O/c1-23-25(11-7-12-26(23)24-9-3-2-4-10-24)22-31-29-32-27(30-13-8-16-34-14-5-6-15-34)21-28(33-29)35-17-19-36-20-18-35/h2-4,7,9-12,21H,5-6,8,13-20,22H2,1H3,(H2,30,31,32,33). The Kier molecular flexibility index (Phi) is 8.31. The van der Waals surface area contributed by atoms with Crippen LogP contribution in [-0.2, 0) is 11.3 Å². The molecule has 2 aliphatic heterocycles. The molecule has 0 saturated carbocycles. The van der Waals surface area contributed by atoms with Crippen LogP contribution in [0, 0.1) is 6.92 Å². The molecule has 190 valence electrons. The van der Waals surface area contributed by atoms with Gasteiger partial charge in [0.15, 0.2) is 0 Å². The number of nitrogens with zero attached hydrogens (tertiary/aromatic N) is 4. The summed E-state index contributed by atoms with van der Waals surface area (Å²) in [6.07, 6.45) is 3.79. The molecule has 0 radical (unpaired) electrons. The SMILES string of the molecule is Cc1c(CNc2nc(NCCCN3CCCC3)cc(N3CCOCC3)n2)cccc1-c1ccccc1. The highest BCUT2D eigenvalue weighted by atomic mass is 16.5. The molecule has 0 aliphatic carbocycles. The quantitative estimate of drug-likeness (QED) is 0.399. The van der Waals surface area contributed by atoms with Crippen LogP contribution in [0.4, 0.5) is 17.6 Å². The maximum Gasteiger partial charge on any atom is 0.226 e. The lowest BCUT2D eigenvalue weighted by atomic mass is 9.96. The topological polar surface area (TPSA) is 65.6 Å². The van der Waals surface area contributed by atoms with Crippen LogP contribution in [0.25, 0.3) is 11.1 Å². The summed E-state index contributed by atoms with van der Waals surface area (Å²) < 4.78 is 5.56. The normalized spacial score (nSPS) is 16.3. The van der Waals surface area contributed by atoms with Crippen molar-refractivity contribution < 1.29 is 4.74 Å². The smallest absolute Gasteiger partial charge is 0.226 e. The zero-order valence-corrected chi connectivity index (χ0v) is 21.4. The lowest BCUT2D eigenvalue weighted by molar-refractivity contribution is 0.122. The Morgan fingerprint density at radius 3 is 2.50 bits per heavy atom. The Morgan fingerprint density at radius 1 is 0.889 bits per heavy atom. The second-order valence-electron chi connectivity index (χ2n) is 9.67. The van der Waals surface area contributed by atoms with Crippen molar-refractivity contribution in [2.24, 2.45) is 0 Å². The lowest BCUT2D eigenvalue weighted by Crippen LogP contribution is -2.37. The molecule has 0 atom stereocenters. The van der Waals surface area contributed by atoms with Crippen LogP contribution >= 0.6 is 0 Å². The highest BCUT2D eigenvalue weighted by Gasteiger charge is 2.16. The molecule has 3 heterocycles. The van der Waals surface area contributed by atoms with Crippen LogP contribution in [0.1, 0.15) is 30.4 Å². The molecule has 2 saturated heterocycles. The first kappa shape index (κ1) is 24.5. The van der Waals surface area contributed by atoms with Gasteiger partial charge in [-0.1, -0.05) is 48.5 Å². The van der Waals surface area contributed by atoms with Crippen molar-refractivity contribution in [2.45, 2.75) is 32.7 Å². The molecule has 2 aliphatic rings. The fourth-order valence-electron chi connectivity index (χ4n) is 5.06. The third-order valence-electron chi connectivity index (χ3n) is 7.17. The average Bonchev–Trinajstić information content (AvgIpc) is 3.45. The predicted molar refractivity (Wildman–Crippen MR) is 148 cm³/mol. The molecule has 5 rings (SSSR count). The molecular weight excluding hydrogens is 448 g/mol. The molecule has 0 spiro atoms. The molecule has 2 N–H and O–H groups in total. The van der Waals surface area contributed by atoms with Gasteiger partial charge >= 0.3 is 0 Å². The minimum Gasteiger partial charge on any atom is -0.378 e. The Labute approximate surface area is 214 Å². The molecule has 7 heteroatoms. The summed E-state index contributed by atoms with van der Waals surface area (Å²) >= 11 is 0. The van der Waals surface area contributed by atoms with Crippen LogP contribution in [0.5, 0.6) is 0 Å². The van der Waals surface area contributed by atoms with Gasteiger partial charge in [0, 0.05) is 32.2 Å². The van der Waals surface area contributed by atoms with Gasteiger partial charge in [-0.2, -0.15) is 9.97 Å². The third-order valence-corrected chi connectivity index (χ3v) is 7.17. The number of hydrogen-bond acceptors (Lipinski definition) is 7. The van der Waals surface area contributed by atoms with Gasteiger partial charge in [0.1, 0.15) is 11.6 Å². The molecule has 0 amide bonds. The number of hydrogen-bond donors (Lipinski definition) is 2. The molecule has 1 aromatic heterocycles. The summed E-state index contributed by atoms with van der Waals surface area (Å²) in [6, 6.07) is 19.1. The largest absolute Gasteiger partial charge is 0.378 e. The summed E-state index contributed by atoms with van der Waals surface area (Å²) in [6.45, 7) is 10.6. The second kappa shape index (κ2) is 12.2. The summed E-state index contributed by atoms with van der Waals surface area (Å²) in [5, 5.41) is 7.06. The average molecular weight is 487 g/mol. The Morgan fingerprint density at radius 2 is 1.69 bits per heavy atom. The number of nitrogens with one attached hydrogen (secondary N) is 2. The van der Waals surface area contributed by atoms with Crippen molar-refractivity contribution in [3.8, 4) is 11.1 Å². The molecule has 2 fully saturated rings. The zero-order chi connectivity index (χ0) is 24.6. The third kappa shape index (κ3) is 6.33. The number of ether oxygens (including phenoxy) is 1. The summed E-state index contributed by atoms with van der Waals surface area (Å²) in [5.41, 5.74) is 5.03. The minimum atomic E-state index is 0.658. The molecule has 0 unspecified atom stereocenters. The van der Waals surface area contributed by atoms with Gasteiger partial charge in [0.25, 0.3) is 0 Å². The number of benzene rings is 2. The first-order valence-electron chi connectivity index (χ1n) is 13.3. The van der Waals surface area contributed by atoms with Crippen molar-refractivity contribution >= 4 is 17.6 Å². The van der Waals surface area contributed by atoms with E-state index in [9.17, 15) is 0 Å². The van der Waals surface area contributed by atoms with Gasteiger partial charge in [0.05, 0.1) is 13.2 Å². The van der Waals surface area contributed by atoms with E-state index in [1.807, 2.05) is 0 Å². The van der Waals surface area contributed by atoms with Gasteiger partial charge in [-0.25, -0.2) is 0 Å². The van der Waals surface area contributed by atoms with Crippen LogP contribution < -0.4 is 15.5 Å². The van der Waals surface area contributed by atoms with E-state index in [0.29, 0.717) is 12.5 Å². The Balaban J connectivity index is 1.28. The van der Waals surface area contributed by atoms with E-state index in [2.05, 4.69) is 82.0 Å². The Hall–Kier alpha value is -3.16. The first-order valence-corrected chi connectivity index (χ1v) is 13.3. The molecule has 3 aromatic rings. The van der Waals surface area contributed by atoms with Crippen molar-refractivity contribution in [1.29, 1.82) is 0 Å². The van der Waals surface area contributed by atoms with Crippen LogP contribution in [0.2, 0.25) is 0 Å². The maximum absolute atomic E-state index is 5.56. The van der Waals surface area contributed by atoms with Crippen LogP contribution in [-0.4, -0.2) is 67.4 Å². The van der Waals surface area contributed by atoms with Gasteiger partial charge < -0.3 is 25.2 Å². The molecular formula is C29H38N6O. The summed E-state index contributed by atoms with van der Waals surface area (Å²) in [5.74, 6) is 2.49. The molecule has 2 aromatic carbocycles. The van der Waals surface area contributed by atoms with Gasteiger partial charge in [-0.3, -0.25) is 0 Å². The zero-order valence-electron chi connectivity index (χ0n) is 21.4. The molecule has 7 nitrogen and oxygen atoms in total. The second-order valence-corrected chi connectivity index (χ2v) is 9.67. The fourth-order valence-corrected chi connectivity index (χ4v) is 5.06. The van der Waals surface area contributed by atoms with Gasteiger partial charge in [-0.05, 0) is 68.1 Å². The van der Waals surface area contributed by atoms with Crippen LogP contribution in [0.3, 0.4) is 0 Å². The minimum absolute atomic E-state index is 0.658. The summed E-state index contributed by atoms with van der Waals surface area (Å²) in [7, 11) is 0. The fraction of sp³-hybridized carbons (Fsp3) is 0.448. The highest BCUT2D eigenvalue weighted by molar-refractivity contribution is 5.68. The first-order chi connectivity index (χ1) is 17.8. The molecule has 36 heavy (non-hydrogen) atoms. The van der Waals surface area contributed by atoms with E-state index < -0.39 is 0 Å². The van der Waals surface area contributed by atoms with Crippen LogP contribution in [0.15, 0.2) is 54.6 Å². The molecule has 0 bridgehead atoms. The maximum atomic E-state index is 5.56. The van der Waals surface area contributed by atoms with E-state index in [0.717, 1.165) is 57.4 Å². The van der Waals surface area contributed by atoms with Gasteiger partial charge in [-0.15, -0.1) is 0 Å². The Bertz CT molecular complexity index is 1110.